The molecule has 92 valence electrons. The number of hydrogen-bond acceptors (Lipinski definition) is 3. The number of hydrogen-bond donors (Lipinski definition) is 2. The molecule has 0 aliphatic carbocycles. The topological polar surface area (TPSA) is 64.3 Å². The van der Waals surface area contributed by atoms with Crippen LogP contribution < -0.4 is 11.1 Å². The van der Waals surface area contributed by atoms with E-state index in [1.807, 2.05) is 24.3 Å². The maximum absolute atomic E-state index is 11.9. The zero-order valence-electron chi connectivity index (χ0n) is 9.82. The fourth-order valence-electron chi connectivity index (χ4n) is 1.97. The Balaban J connectivity index is 1.96. The number of nitrogens with one attached hydrogen (secondary N) is 1. The molecule has 3 N–H and O–H groups in total. The van der Waals surface area contributed by atoms with Gasteiger partial charge in [-0.25, -0.2) is 0 Å². The van der Waals surface area contributed by atoms with Crippen molar-refractivity contribution in [3.63, 3.8) is 0 Å². The third-order valence-electron chi connectivity index (χ3n) is 2.96. The Kier molecular flexibility index (Phi) is 4.12. The normalized spacial score (nSPS) is 19.9. The van der Waals surface area contributed by atoms with E-state index >= 15 is 0 Å². The molecule has 4 nitrogen and oxygen atoms in total. The molecule has 0 radical (unpaired) electrons. The smallest absolute Gasteiger partial charge is 0.229 e. The lowest BCUT2D eigenvalue weighted by Gasteiger charge is -2.21. The molecule has 1 atom stereocenters. The van der Waals surface area contributed by atoms with Gasteiger partial charge in [0.05, 0.1) is 12.5 Å². The molecule has 1 heterocycles. The second-order valence-corrected chi connectivity index (χ2v) is 4.31. The molecule has 1 saturated heterocycles. The average molecular weight is 234 g/mol. The minimum Gasteiger partial charge on any atom is -0.381 e. The molecule has 4 heteroatoms. The Morgan fingerprint density at radius 3 is 3.12 bits per heavy atom. The van der Waals surface area contributed by atoms with Gasteiger partial charge in [0.2, 0.25) is 5.91 Å². The van der Waals surface area contributed by atoms with Crippen molar-refractivity contribution in [2.24, 2.45) is 11.7 Å². The van der Waals surface area contributed by atoms with Gasteiger partial charge in [-0.3, -0.25) is 4.79 Å². The fourth-order valence-corrected chi connectivity index (χ4v) is 1.97. The summed E-state index contributed by atoms with van der Waals surface area (Å²) in [6, 6.07) is 7.62. The minimum atomic E-state index is -0.0229. The highest BCUT2D eigenvalue weighted by atomic mass is 16.5. The van der Waals surface area contributed by atoms with E-state index in [2.05, 4.69) is 5.32 Å². The maximum atomic E-state index is 11.9. The number of carbonyl (C=O) groups is 1. The highest BCUT2D eigenvalue weighted by Crippen LogP contribution is 2.17. The molecule has 0 spiro atoms. The molecule has 0 bridgehead atoms. The van der Waals surface area contributed by atoms with Gasteiger partial charge < -0.3 is 15.8 Å². The Bertz CT molecular complexity index is 387. The summed E-state index contributed by atoms with van der Waals surface area (Å²) in [5.41, 5.74) is 7.38. The van der Waals surface area contributed by atoms with Crippen molar-refractivity contribution < 1.29 is 9.53 Å². The number of amides is 1. The predicted molar refractivity (Wildman–Crippen MR) is 66.5 cm³/mol. The van der Waals surface area contributed by atoms with Crippen molar-refractivity contribution in [3.05, 3.63) is 29.8 Å². The lowest BCUT2D eigenvalue weighted by atomic mass is 10.0. The molecule has 1 aromatic carbocycles. The van der Waals surface area contributed by atoms with Crippen molar-refractivity contribution in [1.82, 2.24) is 0 Å². The number of benzene rings is 1. The summed E-state index contributed by atoms with van der Waals surface area (Å²) in [4.78, 5) is 11.9. The summed E-state index contributed by atoms with van der Waals surface area (Å²) >= 11 is 0. The van der Waals surface area contributed by atoms with E-state index < -0.39 is 0 Å². The van der Waals surface area contributed by atoms with E-state index in [0.29, 0.717) is 13.2 Å². The van der Waals surface area contributed by atoms with Crippen molar-refractivity contribution in [2.45, 2.75) is 19.4 Å². The number of carbonyl (C=O) groups excluding carboxylic acids is 1. The maximum Gasteiger partial charge on any atom is 0.229 e. The van der Waals surface area contributed by atoms with Gasteiger partial charge in [0.15, 0.2) is 0 Å². The van der Waals surface area contributed by atoms with Crippen LogP contribution in [0.5, 0.6) is 0 Å². The standard InChI is InChI=1S/C13H18N2O2/c14-8-10-3-1-5-12(7-10)15-13(16)11-4-2-6-17-9-11/h1,3,5,7,11H,2,4,6,8-9,14H2,(H,15,16). The fraction of sp³-hybridized carbons (Fsp3) is 0.462. The van der Waals surface area contributed by atoms with Crippen LogP contribution in [0.3, 0.4) is 0 Å². The van der Waals surface area contributed by atoms with Crippen LogP contribution >= 0.6 is 0 Å². The molecule has 17 heavy (non-hydrogen) atoms. The first-order valence-electron chi connectivity index (χ1n) is 5.97. The van der Waals surface area contributed by atoms with Crippen LogP contribution in [0.25, 0.3) is 0 Å². The first kappa shape index (κ1) is 12.1. The quantitative estimate of drug-likeness (QED) is 0.833. The van der Waals surface area contributed by atoms with Gasteiger partial charge in [-0.2, -0.15) is 0 Å². The molecule has 1 aromatic rings. The van der Waals surface area contributed by atoms with E-state index in [0.717, 1.165) is 30.7 Å². The van der Waals surface area contributed by atoms with Crippen LogP contribution in [0.1, 0.15) is 18.4 Å². The van der Waals surface area contributed by atoms with Gasteiger partial charge in [-0.1, -0.05) is 12.1 Å². The SMILES string of the molecule is NCc1cccc(NC(=O)C2CCCOC2)c1. The number of rotatable bonds is 3. The third-order valence-corrected chi connectivity index (χ3v) is 2.96. The average Bonchev–Trinajstić information content (AvgIpc) is 2.40. The lowest BCUT2D eigenvalue weighted by molar-refractivity contribution is -0.123. The number of nitrogens with two attached hydrogens (primary N) is 1. The molecule has 1 aliphatic rings. The molecule has 0 saturated carbocycles. The second kappa shape index (κ2) is 5.80. The molecular weight excluding hydrogens is 216 g/mol. The van der Waals surface area contributed by atoms with Crippen LogP contribution in [-0.2, 0) is 16.1 Å². The zero-order valence-corrected chi connectivity index (χ0v) is 9.82. The molecular formula is C13H18N2O2. The summed E-state index contributed by atoms with van der Waals surface area (Å²) < 4.78 is 5.30. The molecule has 2 rings (SSSR count). The largest absolute Gasteiger partial charge is 0.381 e. The van der Waals surface area contributed by atoms with Crippen molar-refractivity contribution >= 4 is 11.6 Å². The van der Waals surface area contributed by atoms with E-state index in [-0.39, 0.29) is 11.8 Å². The Hall–Kier alpha value is -1.39. The van der Waals surface area contributed by atoms with E-state index in [1.165, 1.54) is 0 Å². The van der Waals surface area contributed by atoms with Crippen LogP contribution in [0, 0.1) is 5.92 Å². The molecule has 1 fully saturated rings. The van der Waals surface area contributed by atoms with Gasteiger partial charge in [-0.05, 0) is 30.5 Å². The monoisotopic (exact) mass is 234 g/mol. The highest BCUT2D eigenvalue weighted by Gasteiger charge is 2.21. The summed E-state index contributed by atoms with van der Waals surface area (Å²) in [5.74, 6) is 0.0177. The third kappa shape index (κ3) is 3.28. The number of anilines is 1. The van der Waals surface area contributed by atoms with Crippen LogP contribution in [0.4, 0.5) is 5.69 Å². The van der Waals surface area contributed by atoms with Gasteiger partial charge >= 0.3 is 0 Å². The van der Waals surface area contributed by atoms with Crippen LogP contribution in [0.2, 0.25) is 0 Å². The van der Waals surface area contributed by atoms with Crippen molar-refractivity contribution in [2.75, 3.05) is 18.5 Å². The zero-order chi connectivity index (χ0) is 12.1. The summed E-state index contributed by atoms with van der Waals surface area (Å²) in [7, 11) is 0. The van der Waals surface area contributed by atoms with E-state index in [1.54, 1.807) is 0 Å². The molecule has 0 aromatic heterocycles. The molecule has 1 amide bonds. The summed E-state index contributed by atoms with van der Waals surface area (Å²) in [5, 5.41) is 2.91. The van der Waals surface area contributed by atoms with Gasteiger partial charge in [0.25, 0.3) is 0 Å². The minimum absolute atomic E-state index is 0.0229. The van der Waals surface area contributed by atoms with E-state index in [4.69, 9.17) is 10.5 Å². The Labute approximate surface area is 101 Å². The van der Waals surface area contributed by atoms with E-state index in [9.17, 15) is 4.79 Å². The first-order valence-corrected chi connectivity index (χ1v) is 5.97. The summed E-state index contributed by atoms with van der Waals surface area (Å²) in [6.45, 7) is 1.78. The first-order chi connectivity index (χ1) is 8.29. The Morgan fingerprint density at radius 1 is 1.53 bits per heavy atom. The lowest BCUT2D eigenvalue weighted by Crippen LogP contribution is -2.30. The molecule has 1 aliphatic heterocycles. The van der Waals surface area contributed by atoms with Crippen molar-refractivity contribution in [1.29, 1.82) is 0 Å². The Morgan fingerprint density at radius 2 is 2.41 bits per heavy atom. The van der Waals surface area contributed by atoms with Gasteiger partial charge in [-0.15, -0.1) is 0 Å². The van der Waals surface area contributed by atoms with Crippen LogP contribution in [-0.4, -0.2) is 19.1 Å². The van der Waals surface area contributed by atoms with Gasteiger partial charge in [0.1, 0.15) is 0 Å². The highest BCUT2D eigenvalue weighted by molar-refractivity contribution is 5.92. The second-order valence-electron chi connectivity index (χ2n) is 4.31. The van der Waals surface area contributed by atoms with Gasteiger partial charge in [0, 0.05) is 18.8 Å². The predicted octanol–water partition coefficient (Wildman–Crippen LogP) is 1.51. The summed E-state index contributed by atoms with van der Waals surface area (Å²) in [6.07, 6.45) is 1.86. The number of ether oxygens (including phenoxy) is 1. The van der Waals surface area contributed by atoms with Crippen LogP contribution in [0.15, 0.2) is 24.3 Å². The molecule has 1 unspecified atom stereocenters. The van der Waals surface area contributed by atoms with Crippen molar-refractivity contribution in [3.8, 4) is 0 Å².